The van der Waals surface area contributed by atoms with Crippen LogP contribution < -0.4 is 10.7 Å². The molecule has 5 rings (SSSR count). The number of nitrogens with zero attached hydrogens (tertiary/aromatic N) is 3. The van der Waals surface area contributed by atoms with Crippen LogP contribution in [-0.4, -0.2) is 26.0 Å². The molecule has 1 aliphatic rings. The quantitative estimate of drug-likeness (QED) is 0.401. The Morgan fingerprint density at radius 2 is 1.79 bits per heavy atom. The zero-order valence-corrected chi connectivity index (χ0v) is 19.7. The molecule has 0 saturated heterocycles. The Balaban J connectivity index is 1.50. The molecule has 166 valence electrons. The van der Waals surface area contributed by atoms with Gasteiger partial charge in [-0.25, -0.2) is 4.68 Å². The predicted molar refractivity (Wildman–Crippen MR) is 133 cm³/mol. The lowest BCUT2D eigenvalue weighted by Gasteiger charge is -2.33. The third-order valence-corrected chi connectivity index (χ3v) is 7.23. The van der Waals surface area contributed by atoms with Crippen LogP contribution in [0.25, 0.3) is 11.4 Å². The lowest BCUT2D eigenvalue weighted by atomic mass is 10.0. The van der Waals surface area contributed by atoms with Gasteiger partial charge in [-0.1, -0.05) is 89.6 Å². The minimum atomic E-state index is -0.465. The summed E-state index contributed by atoms with van der Waals surface area (Å²) in [5, 5.41) is 12.6. The monoisotopic (exact) mass is 475 g/mol. The van der Waals surface area contributed by atoms with Crippen LogP contribution >= 0.6 is 23.4 Å². The molecule has 0 bridgehead atoms. The first-order valence-corrected chi connectivity index (χ1v) is 11.8. The van der Waals surface area contributed by atoms with Gasteiger partial charge in [0.2, 0.25) is 11.1 Å². The smallest absolute Gasteiger partial charge is 0.240 e. The summed E-state index contributed by atoms with van der Waals surface area (Å²) in [6, 6.07) is 23.3. The van der Waals surface area contributed by atoms with Crippen LogP contribution in [0, 0.1) is 13.8 Å². The first kappa shape index (κ1) is 21.6. The maximum absolute atomic E-state index is 13.4. The van der Waals surface area contributed by atoms with Crippen LogP contribution in [0.5, 0.6) is 0 Å². The number of thioether (sulfide) groups is 1. The number of aryl methyl sites for hydroxylation is 2. The summed E-state index contributed by atoms with van der Waals surface area (Å²) in [6.07, 6.45) is 0. The molecule has 0 saturated carbocycles. The van der Waals surface area contributed by atoms with Crippen molar-refractivity contribution < 1.29 is 4.79 Å². The van der Waals surface area contributed by atoms with Gasteiger partial charge in [0.15, 0.2) is 5.82 Å². The molecule has 3 aromatic carbocycles. The maximum atomic E-state index is 13.4. The molecule has 1 aliphatic heterocycles. The van der Waals surface area contributed by atoms with Crippen LogP contribution in [0.4, 0.5) is 5.69 Å². The van der Waals surface area contributed by atoms with Gasteiger partial charge in [-0.3, -0.25) is 4.79 Å². The van der Waals surface area contributed by atoms with Gasteiger partial charge in [-0.15, -0.1) is 10.2 Å². The molecule has 1 amide bonds. The van der Waals surface area contributed by atoms with Crippen molar-refractivity contribution in [2.75, 3.05) is 10.7 Å². The SMILES string of the molecule is Cc1ccc([C@H]2Nn3c(nnc3-c3ccccc3)S[C@@H]2C(=O)Nc2ccc(C)c(Cl)c2)cc1. The van der Waals surface area contributed by atoms with Crippen LogP contribution in [0.3, 0.4) is 0 Å². The van der Waals surface area contributed by atoms with Gasteiger partial charge in [0.25, 0.3) is 0 Å². The Morgan fingerprint density at radius 3 is 2.52 bits per heavy atom. The van der Waals surface area contributed by atoms with E-state index in [2.05, 4.69) is 33.1 Å². The van der Waals surface area contributed by atoms with E-state index in [-0.39, 0.29) is 11.9 Å². The highest BCUT2D eigenvalue weighted by Crippen LogP contribution is 2.39. The highest BCUT2D eigenvalue weighted by Gasteiger charge is 2.38. The van der Waals surface area contributed by atoms with E-state index < -0.39 is 5.25 Å². The molecule has 8 heteroatoms. The molecule has 6 nitrogen and oxygen atoms in total. The highest BCUT2D eigenvalue weighted by atomic mass is 35.5. The lowest BCUT2D eigenvalue weighted by Crippen LogP contribution is -2.41. The van der Waals surface area contributed by atoms with Crippen molar-refractivity contribution in [3.63, 3.8) is 0 Å². The zero-order valence-electron chi connectivity index (χ0n) is 18.1. The number of fused-ring (bicyclic) bond motifs is 1. The van der Waals surface area contributed by atoms with Gasteiger partial charge in [0.05, 0.1) is 6.04 Å². The van der Waals surface area contributed by atoms with Gasteiger partial charge in [0.1, 0.15) is 5.25 Å². The fraction of sp³-hybridized carbons (Fsp3) is 0.160. The lowest BCUT2D eigenvalue weighted by molar-refractivity contribution is -0.116. The summed E-state index contributed by atoms with van der Waals surface area (Å²) < 4.78 is 1.87. The fourth-order valence-electron chi connectivity index (χ4n) is 3.74. The molecular formula is C25H22ClN5OS. The average Bonchev–Trinajstić information content (AvgIpc) is 3.25. The van der Waals surface area contributed by atoms with Gasteiger partial charge in [-0.05, 0) is 37.1 Å². The number of benzene rings is 3. The van der Waals surface area contributed by atoms with E-state index in [1.54, 1.807) is 6.07 Å². The van der Waals surface area contributed by atoms with Crippen molar-refractivity contribution in [1.82, 2.24) is 14.9 Å². The maximum Gasteiger partial charge on any atom is 0.240 e. The molecule has 0 fully saturated rings. The number of hydrogen-bond acceptors (Lipinski definition) is 5. The van der Waals surface area contributed by atoms with Crippen molar-refractivity contribution in [2.24, 2.45) is 0 Å². The molecule has 0 aliphatic carbocycles. The van der Waals surface area contributed by atoms with Crippen LogP contribution in [-0.2, 0) is 4.79 Å². The third-order valence-electron chi connectivity index (χ3n) is 5.60. The second kappa shape index (κ2) is 8.92. The summed E-state index contributed by atoms with van der Waals surface area (Å²) in [6.45, 7) is 3.98. The van der Waals surface area contributed by atoms with Gasteiger partial charge in [-0.2, -0.15) is 0 Å². The van der Waals surface area contributed by atoms with Crippen molar-refractivity contribution in [1.29, 1.82) is 0 Å². The molecule has 2 atom stereocenters. The van der Waals surface area contributed by atoms with E-state index in [4.69, 9.17) is 11.6 Å². The van der Waals surface area contributed by atoms with Crippen LogP contribution in [0.2, 0.25) is 5.02 Å². The summed E-state index contributed by atoms with van der Waals surface area (Å²) in [5.41, 5.74) is 8.24. The molecular weight excluding hydrogens is 454 g/mol. The van der Waals surface area contributed by atoms with Gasteiger partial charge < -0.3 is 10.7 Å². The van der Waals surface area contributed by atoms with E-state index in [0.29, 0.717) is 21.7 Å². The number of carbonyl (C=O) groups excluding carboxylic acids is 1. The molecule has 0 radical (unpaired) electrons. The summed E-state index contributed by atoms with van der Waals surface area (Å²) in [4.78, 5) is 13.4. The molecule has 33 heavy (non-hydrogen) atoms. The fourth-order valence-corrected chi connectivity index (χ4v) is 5.00. The normalized spacial score (nSPS) is 17.2. The summed E-state index contributed by atoms with van der Waals surface area (Å²) in [7, 11) is 0. The number of amides is 1. The van der Waals surface area contributed by atoms with Crippen molar-refractivity contribution in [3.8, 4) is 11.4 Å². The number of anilines is 1. The van der Waals surface area contributed by atoms with Gasteiger partial charge in [0, 0.05) is 16.3 Å². The second-order valence-corrected chi connectivity index (χ2v) is 9.53. The Morgan fingerprint density at radius 1 is 1.03 bits per heavy atom. The minimum Gasteiger partial charge on any atom is -0.325 e. The molecule has 4 aromatic rings. The van der Waals surface area contributed by atoms with E-state index in [9.17, 15) is 4.79 Å². The summed E-state index contributed by atoms with van der Waals surface area (Å²) in [5.74, 6) is 0.577. The number of halogens is 1. The van der Waals surface area contributed by atoms with E-state index in [0.717, 1.165) is 22.3 Å². The van der Waals surface area contributed by atoms with Crippen LogP contribution in [0.1, 0.15) is 22.7 Å². The first-order chi connectivity index (χ1) is 16.0. The molecule has 1 aromatic heterocycles. The van der Waals surface area contributed by atoms with E-state index in [1.165, 1.54) is 11.8 Å². The Kier molecular flexibility index (Phi) is 5.83. The largest absolute Gasteiger partial charge is 0.325 e. The minimum absolute atomic E-state index is 0.131. The van der Waals surface area contributed by atoms with Crippen molar-refractivity contribution in [2.45, 2.75) is 30.3 Å². The summed E-state index contributed by atoms with van der Waals surface area (Å²) >= 11 is 7.66. The van der Waals surface area contributed by atoms with Gasteiger partial charge >= 0.3 is 0 Å². The van der Waals surface area contributed by atoms with E-state index in [1.807, 2.05) is 73.1 Å². The Bertz CT molecular complexity index is 1310. The van der Waals surface area contributed by atoms with Crippen LogP contribution in [0.15, 0.2) is 78.0 Å². The second-order valence-electron chi connectivity index (χ2n) is 8.02. The van der Waals surface area contributed by atoms with E-state index >= 15 is 0 Å². The standard InChI is InChI=1S/C25H22ClN5OS/c1-15-8-11-17(12-9-15)21-22(24(32)27-19-13-10-16(2)20(26)14-19)33-25-29-28-23(31(25)30-21)18-6-4-3-5-7-18/h3-14,21-22,30H,1-2H3,(H,27,32)/t21-,22+/m1/s1. The first-order valence-electron chi connectivity index (χ1n) is 10.6. The Hall–Kier alpha value is -3.29. The predicted octanol–water partition coefficient (Wildman–Crippen LogP) is 5.61. The zero-order chi connectivity index (χ0) is 22.9. The number of carbonyl (C=O) groups is 1. The molecule has 0 unspecified atom stereocenters. The number of nitrogens with one attached hydrogen (secondary N) is 2. The number of aromatic nitrogens is 3. The highest BCUT2D eigenvalue weighted by molar-refractivity contribution is 8.00. The van der Waals surface area contributed by atoms with Crippen molar-refractivity contribution in [3.05, 3.63) is 94.5 Å². The van der Waals surface area contributed by atoms with Crippen molar-refractivity contribution >= 4 is 35.0 Å². The number of hydrogen-bond donors (Lipinski definition) is 2. The molecule has 2 N–H and O–H groups in total. The third kappa shape index (κ3) is 4.34. The Labute approximate surface area is 201 Å². The molecule has 0 spiro atoms. The topological polar surface area (TPSA) is 71.8 Å². The average molecular weight is 476 g/mol. The number of rotatable bonds is 4. The molecule has 2 heterocycles.